The largest absolute Gasteiger partial charge is 0.471 e. The molecular weight excluding hydrogens is 508 g/mol. The molecular formula is C25H28N8O6. The molecule has 2 aromatic heterocycles. The van der Waals surface area contributed by atoms with E-state index in [0.29, 0.717) is 23.6 Å². The molecule has 0 saturated heterocycles. The summed E-state index contributed by atoms with van der Waals surface area (Å²) in [6, 6.07) is 7.57. The van der Waals surface area contributed by atoms with Crippen LogP contribution in [0.4, 0.5) is 5.95 Å². The highest BCUT2D eigenvalue weighted by atomic mass is 16.5. The van der Waals surface area contributed by atoms with E-state index in [1.165, 1.54) is 18.5 Å². The predicted octanol–water partition coefficient (Wildman–Crippen LogP) is -0.0317. The molecule has 39 heavy (non-hydrogen) atoms. The first-order chi connectivity index (χ1) is 18.9. The van der Waals surface area contributed by atoms with Crippen molar-refractivity contribution in [1.82, 2.24) is 35.5 Å². The van der Waals surface area contributed by atoms with E-state index in [0.717, 1.165) is 16.0 Å². The molecule has 0 atom stereocenters. The molecule has 0 aliphatic carbocycles. The number of aromatic amines is 1. The molecule has 14 heteroatoms. The Hall–Kier alpha value is -4.85. The molecule has 14 nitrogen and oxygen atoms in total. The molecule has 0 unspecified atom stereocenters. The summed E-state index contributed by atoms with van der Waals surface area (Å²) in [6.45, 7) is 1.36. The molecule has 5 N–H and O–H groups in total. The number of hydrogen-bond donors (Lipinski definition) is 4. The minimum absolute atomic E-state index is 0.0152. The molecule has 4 rings (SSSR count). The number of benzene rings is 1. The predicted molar refractivity (Wildman–Crippen MR) is 138 cm³/mol. The number of fused-ring (bicyclic) bond motifs is 1. The summed E-state index contributed by atoms with van der Waals surface area (Å²) in [5, 5.41) is 5.48. The number of H-pyrrole nitrogens is 1. The normalized spacial score (nSPS) is 12.8. The molecule has 1 aliphatic heterocycles. The number of nitrogens with zero attached hydrogens (tertiary/aromatic N) is 4. The van der Waals surface area contributed by atoms with Crippen LogP contribution in [0.5, 0.6) is 5.88 Å². The van der Waals surface area contributed by atoms with Crippen LogP contribution in [0.1, 0.15) is 24.0 Å². The highest BCUT2D eigenvalue weighted by molar-refractivity contribution is 6.13. The number of anilines is 1. The third kappa shape index (κ3) is 7.82. The third-order valence-electron chi connectivity index (χ3n) is 5.66. The summed E-state index contributed by atoms with van der Waals surface area (Å²) < 4.78 is 11.2. The monoisotopic (exact) mass is 536 g/mol. The number of ether oxygens (including phenoxy) is 2. The number of aromatic nitrogens is 4. The van der Waals surface area contributed by atoms with Gasteiger partial charge in [-0.25, -0.2) is 4.98 Å². The number of nitrogen functional groups attached to an aromatic ring is 1. The van der Waals surface area contributed by atoms with Gasteiger partial charge in [-0.2, -0.15) is 9.97 Å². The maximum Gasteiger partial charge on any atom is 0.253 e. The van der Waals surface area contributed by atoms with E-state index in [1.807, 2.05) is 24.3 Å². The van der Waals surface area contributed by atoms with Gasteiger partial charge in [0.2, 0.25) is 23.6 Å². The van der Waals surface area contributed by atoms with E-state index in [2.05, 4.69) is 30.6 Å². The smallest absolute Gasteiger partial charge is 0.253 e. The SMILES string of the molecule is Nc1nc(OCc2ccc(CNC(=O)CCOCCNC(=O)CCN3C(=O)C=CC3=O)cc2)c2[nH]cnc2n1. The van der Waals surface area contributed by atoms with Crippen molar-refractivity contribution in [2.45, 2.75) is 26.0 Å². The molecule has 0 radical (unpaired) electrons. The number of amides is 4. The van der Waals surface area contributed by atoms with Gasteiger partial charge in [0.15, 0.2) is 5.65 Å². The summed E-state index contributed by atoms with van der Waals surface area (Å²) >= 11 is 0. The average molecular weight is 537 g/mol. The summed E-state index contributed by atoms with van der Waals surface area (Å²) in [7, 11) is 0. The number of rotatable bonds is 14. The van der Waals surface area contributed by atoms with Crippen molar-refractivity contribution in [2.24, 2.45) is 0 Å². The Balaban J connectivity index is 1.06. The second-order valence-electron chi connectivity index (χ2n) is 8.49. The molecule has 3 aromatic rings. The molecule has 4 amide bonds. The minimum Gasteiger partial charge on any atom is -0.471 e. The average Bonchev–Trinajstić information content (AvgIpc) is 3.53. The molecule has 3 heterocycles. The topological polar surface area (TPSA) is 195 Å². The Morgan fingerprint density at radius 2 is 1.67 bits per heavy atom. The number of carbonyl (C=O) groups excluding carboxylic acids is 4. The molecule has 1 aliphatic rings. The fourth-order valence-corrected chi connectivity index (χ4v) is 3.60. The van der Waals surface area contributed by atoms with Crippen LogP contribution in [-0.2, 0) is 37.1 Å². The lowest BCUT2D eigenvalue weighted by atomic mass is 10.1. The van der Waals surface area contributed by atoms with Gasteiger partial charge < -0.3 is 30.8 Å². The highest BCUT2D eigenvalue weighted by Crippen LogP contribution is 2.20. The van der Waals surface area contributed by atoms with Gasteiger partial charge in [0.1, 0.15) is 12.1 Å². The van der Waals surface area contributed by atoms with E-state index in [9.17, 15) is 19.2 Å². The Labute approximate surface area is 223 Å². The number of imidazole rings is 1. The first-order valence-electron chi connectivity index (χ1n) is 12.2. The molecule has 1 aromatic carbocycles. The fraction of sp³-hybridized carbons (Fsp3) is 0.320. The Bertz CT molecular complexity index is 1350. The maximum absolute atomic E-state index is 12.1. The lowest BCUT2D eigenvalue weighted by molar-refractivity contribution is -0.137. The minimum atomic E-state index is -0.418. The van der Waals surface area contributed by atoms with Gasteiger partial charge in [0.25, 0.3) is 11.8 Å². The summed E-state index contributed by atoms with van der Waals surface area (Å²) in [6.07, 6.45) is 4.04. The van der Waals surface area contributed by atoms with E-state index < -0.39 is 11.8 Å². The summed E-state index contributed by atoms with van der Waals surface area (Å²) in [5.74, 6) is -0.896. The Morgan fingerprint density at radius 1 is 0.949 bits per heavy atom. The third-order valence-corrected chi connectivity index (χ3v) is 5.66. The number of nitrogens with one attached hydrogen (secondary N) is 3. The van der Waals surface area contributed by atoms with Crippen LogP contribution in [-0.4, -0.2) is 74.8 Å². The molecule has 204 valence electrons. The molecule has 0 bridgehead atoms. The number of nitrogens with two attached hydrogens (primary N) is 1. The van der Waals surface area contributed by atoms with Crippen LogP contribution in [0.25, 0.3) is 11.2 Å². The first kappa shape index (κ1) is 27.2. The van der Waals surface area contributed by atoms with E-state index in [-0.39, 0.29) is 63.5 Å². The van der Waals surface area contributed by atoms with Crippen molar-refractivity contribution in [1.29, 1.82) is 0 Å². The molecule has 0 saturated carbocycles. The number of hydrogen-bond acceptors (Lipinski definition) is 10. The zero-order chi connectivity index (χ0) is 27.6. The Kier molecular flexibility index (Phi) is 9.13. The van der Waals surface area contributed by atoms with Gasteiger partial charge in [-0.1, -0.05) is 24.3 Å². The Morgan fingerprint density at radius 3 is 2.44 bits per heavy atom. The van der Waals surface area contributed by atoms with Crippen molar-refractivity contribution < 1.29 is 28.7 Å². The van der Waals surface area contributed by atoms with Gasteiger partial charge >= 0.3 is 0 Å². The van der Waals surface area contributed by atoms with Gasteiger partial charge in [0.05, 0.1) is 19.5 Å². The molecule has 0 spiro atoms. The van der Waals surface area contributed by atoms with Crippen molar-refractivity contribution in [3.63, 3.8) is 0 Å². The standard InChI is InChI=1S/C25H28N8O6/c26-25-31-23-22(29-15-30-23)24(32-25)39-14-17-3-1-16(2-4-17)13-28-19(35)8-11-38-12-9-27-18(34)7-10-33-20(36)5-6-21(33)37/h1-6,15H,7-14H2,(H,27,34)(H,28,35)(H3,26,29,30,31,32). The van der Waals surface area contributed by atoms with Crippen LogP contribution < -0.4 is 21.1 Å². The van der Waals surface area contributed by atoms with Crippen molar-refractivity contribution >= 4 is 40.7 Å². The summed E-state index contributed by atoms with van der Waals surface area (Å²) in [4.78, 5) is 62.9. The van der Waals surface area contributed by atoms with Crippen molar-refractivity contribution in [3.05, 3.63) is 53.9 Å². The van der Waals surface area contributed by atoms with E-state index in [1.54, 1.807) is 0 Å². The first-order valence-corrected chi connectivity index (χ1v) is 12.2. The molecule has 0 fully saturated rings. The van der Waals surface area contributed by atoms with Crippen molar-refractivity contribution in [2.75, 3.05) is 32.0 Å². The second kappa shape index (κ2) is 13.1. The second-order valence-corrected chi connectivity index (χ2v) is 8.49. The van der Waals surface area contributed by atoms with Crippen LogP contribution in [0, 0.1) is 0 Å². The zero-order valence-electron chi connectivity index (χ0n) is 21.0. The van der Waals surface area contributed by atoms with Crippen LogP contribution in [0.2, 0.25) is 0 Å². The van der Waals surface area contributed by atoms with Gasteiger partial charge in [-0.05, 0) is 11.1 Å². The fourth-order valence-electron chi connectivity index (χ4n) is 3.60. The quantitative estimate of drug-likeness (QED) is 0.160. The highest BCUT2D eigenvalue weighted by Gasteiger charge is 2.23. The lowest BCUT2D eigenvalue weighted by Crippen LogP contribution is -2.35. The van der Waals surface area contributed by atoms with Crippen LogP contribution >= 0.6 is 0 Å². The van der Waals surface area contributed by atoms with Crippen molar-refractivity contribution in [3.8, 4) is 5.88 Å². The van der Waals surface area contributed by atoms with Gasteiger partial charge in [-0.3, -0.25) is 24.1 Å². The number of carbonyl (C=O) groups is 4. The van der Waals surface area contributed by atoms with E-state index in [4.69, 9.17) is 15.2 Å². The lowest BCUT2D eigenvalue weighted by Gasteiger charge is -2.13. The maximum atomic E-state index is 12.1. The van der Waals surface area contributed by atoms with Crippen LogP contribution in [0.3, 0.4) is 0 Å². The van der Waals surface area contributed by atoms with E-state index >= 15 is 0 Å². The number of imide groups is 1. The zero-order valence-corrected chi connectivity index (χ0v) is 21.0. The summed E-state index contributed by atoms with van der Waals surface area (Å²) in [5.41, 5.74) is 8.53. The van der Waals surface area contributed by atoms with Gasteiger partial charge in [0, 0.05) is 44.6 Å². The van der Waals surface area contributed by atoms with Gasteiger partial charge in [-0.15, -0.1) is 0 Å². The van der Waals surface area contributed by atoms with Crippen LogP contribution in [0.15, 0.2) is 42.7 Å².